The van der Waals surface area contributed by atoms with Crippen molar-refractivity contribution in [1.82, 2.24) is 9.80 Å². The molecular weight excluding hydrogens is 360 g/mol. The Hall–Kier alpha value is -2.69. The van der Waals surface area contributed by atoms with Crippen LogP contribution in [0.15, 0.2) is 69.9 Å². The highest BCUT2D eigenvalue weighted by Crippen LogP contribution is 2.21. The van der Waals surface area contributed by atoms with Crippen molar-refractivity contribution >= 4 is 17.0 Å². The molecule has 2 aromatic carbocycles. The van der Waals surface area contributed by atoms with E-state index in [-0.39, 0.29) is 5.63 Å². The molecule has 4 rings (SSSR count). The maximum atomic E-state index is 12.0. The molecule has 0 atom stereocenters. The van der Waals surface area contributed by atoms with Gasteiger partial charge in [0.15, 0.2) is 0 Å². The molecule has 4 heteroatoms. The Morgan fingerprint density at radius 1 is 0.966 bits per heavy atom. The minimum atomic E-state index is -0.263. The lowest BCUT2D eigenvalue weighted by Gasteiger charge is -2.34. The topological polar surface area (TPSA) is 36.7 Å². The second-order valence-electron chi connectivity index (χ2n) is 7.66. The van der Waals surface area contributed by atoms with Crippen molar-refractivity contribution in [2.24, 2.45) is 0 Å². The van der Waals surface area contributed by atoms with Crippen LogP contribution in [0.5, 0.6) is 0 Å². The van der Waals surface area contributed by atoms with Crippen molar-refractivity contribution < 1.29 is 4.42 Å². The zero-order chi connectivity index (χ0) is 20.1. The van der Waals surface area contributed by atoms with Crippen LogP contribution in [-0.2, 0) is 13.0 Å². The summed E-state index contributed by atoms with van der Waals surface area (Å²) in [6.07, 6.45) is 5.41. The van der Waals surface area contributed by atoms with Crippen LogP contribution in [-0.4, -0.2) is 42.5 Å². The van der Waals surface area contributed by atoms with Crippen LogP contribution in [0.1, 0.15) is 23.6 Å². The van der Waals surface area contributed by atoms with Gasteiger partial charge in [-0.15, -0.1) is 0 Å². The van der Waals surface area contributed by atoms with E-state index in [1.165, 1.54) is 11.1 Å². The zero-order valence-corrected chi connectivity index (χ0v) is 17.0. The molecule has 4 nitrogen and oxygen atoms in total. The van der Waals surface area contributed by atoms with E-state index >= 15 is 0 Å². The standard InChI is InChI=1S/C25H28N2O2/c1-2-20-10-11-24-23(17-20)22(18-25(28)29-24)19-27-15-13-26(14-16-27)12-6-9-21-7-4-3-5-8-21/h3-11,17-18H,2,12-16,19H2,1H3. The first kappa shape index (κ1) is 19.6. The normalized spacial score (nSPS) is 16.0. The summed E-state index contributed by atoms with van der Waals surface area (Å²) in [6.45, 7) is 8.01. The van der Waals surface area contributed by atoms with Gasteiger partial charge in [-0.25, -0.2) is 4.79 Å². The molecule has 0 amide bonds. The summed E-state index contributed by atoms with van der Waals surface area (Å²) in [5.74, 6) is 0. The van der Waals surface area contributed by atoms with Crippen LogP contribution in [0.4, 0.5) is 0 Å². The van der Waals surface area contributed by atoms with Gasteiger partial charge in [-0.05, 0) is 35.2 Å². The fourth-order valence-corrected chi connectivity index (χ4v) is 3.90. The highest BCUT2D eigenvalue weighted by molar-refractivity contribution is 5.80. The van der Waals surface area contributed by atoms with Gasteiger partial charge in [0.2, 0.25) is 0 Å². The van der Waals surface area contributed by atoms with E-state index in [4.69, 9.17) is 4.42 Å². The van der Waals surface area contributed by atoms with Crippen LogP contribution in [0.2, 0.25) is 0 Å². The molecule has 1 saturated heterocycles. The molecule has 0 N–H and O–H groups in total. The SMILES string of the molecule is CCc1ccc2oc(=O)cc(CN3CCN(CC=Cc4ccccc4)CC3)c2c1. The Labute approximate surface area is 172 Å². The number of hydrogen-bond acceptors (Lipinski definition) is 4. The summed E-state index contributed by atoms with van der Waals surface area (Å²) >= 11 is 0. The van der Waals surface area contributed by atoms with Gasteiger partial charge in [-0.3, -0.25) is 9.80 Å². The van der Waals surface area contributed by atoms with E-state index in [0.717, 1.165) is 56.6 Å². The molecule has 1 fully saturated rings. The Morgan fingerprint density at radius 2 is 1.72 bits per heavy atom. The predicted octanol–water partition coefficient (Wildman–Crippen LogP) is 4.19. The first-order valence-electron chi connectivity index (χ1n) is 10.4. The monoisotopic (exact) mass is 388 g/mol. The van der Waals surface area contributed by atoms with Crippen LogP contribution in [0, 0.1) is 0 Å². The molecular formula is C25H28N2O2. The first-order valence-corrected chi connectivity index (χ1v) is 10.4. The quantitative estimate of drug-likeness (QED) is 0.594. The fraction of sp³-hybridized carbons (Fsp3) is 0.320. The third kappa shape index (κ3) is 5.03. The van der Waals surface area contributed by atoms with Crippen LogP contribution < -0.4 is 5.63 Å². The number of hydrogen-bond donors (Lipinski definition) is 0. The summed E-state index contributed by atoms with van der Waals surface area (Å²) in [7, 11) is 0. The van der Waals surface area contributed by atoms with Crippen molar-refractivity contribution in [2.45, 2.75) is 19.9 Å². The Morgan fingerprint density at radius 3 is 2.48 bits per heavy atom. The van der Waals surface area contributed by atoms with Gasteiger partial charge >= 0.3 is 5.63 Å². The second-order valence-corrected chi connectivity index (χ2v) is 7.66. The number of piperazine rings is 1. The molecule has 0 spiro atoms. The van der Waals surface area contributed by atoms with Crippen LogP contribution in [0.3, 0.4) is 0 Å². The zero-order valence-electron chi connectivity index (χ0n) is 17.0. The van der Waals surface area contributed by atoms with Gasteiger partial charge in [0, 0.05) is 50.7 Å². The van der Waals surface area contributed by atoms with E-state index < -0.39 is 0 Å². The summed E-state index contributed by atoms with van der Waals surface area (Å²) in [5.41, 5.74) is 4.01. The predicted molar refractivity (Wildman–Crippen MR) is 119 cm³/mol. The van der Waals surface area contributed by atoms with Gasteiger partial charge in [0.05, 0.1) is 0 Å². The van der Waals surface area contributed by atoms with Crippen molar-refractivity contribution in [2.75, 3.05) is 32.7 Å². The molecule has 29 heavy (non-hydrogen) atoms. The molecule has 2 heterocycles. The molecule has 0 radical (unpaired) electrons. The van der Waals surface area contributed by atoms with E-state index in [1.54, 1.807) is 6.07 Å². The lowest BCUT2D eigenvalue weighted by molar-refractivity contribution is 0.137. The Balaban J connectivity index is 1.37. The molecule has 1 aliphatic heterocycles. The summed E-state index contributed by atoms with van der Waals surface area (Å²) in [5, 5.41) is 1.07. The number of rotatable bonds is 6. The minimum absolute atomic E-state index is 0.263. The number of benzene rings is 2. The highest BCUT2D eigenvalue weighted by Gasteiger charge is 2.17. The van der Waals surface area contributed by atoms with Crippen molar-refractivity contribution in [1.29, 1.82) is 0 Å². The molecule has 0 unspecified atom stereocenters. The lowest BCUT2D eigenvalue weighted by Crippen LogP contribution is -2.45. The molecule has 150 valence electrons. The molecule has 1 aliphatic rings. The number of aryl methyl sites for hydroxylation is 1. The van der Waals surface area contributed by atoms with E-state index in [2.05, 4.69) is 59.2 Å². The maximum absolute atomic E-state index is 12.0. The van der Waals surface area contributed by atoms with Crippen LogP contribution in [0.25, 0.3) is 17.0 Å². The number of nitrogens with zero attached hydrogens (tertiary/aromatic N) is 2. The molecule has 0 aliphatic carbocycles. The fourth-order valence-electron chi connectivity index (χ4n) is 3.90. The average molecular weight is 389 g/mol. The van der Waals surface area contributed by atoms with Crippen molar-refractivity contribution in [3.05, 3.63) is 87.8 Å². The van der Waals surface area contributed by atoms with E-state index in [1.807, 2.05) is 18.2 Å². The van der Waals surface area contributed by atoms with E-state index in [0.29, 0.717) is 5.58 Å². The largest absolute Gasteiger partial charge is 0.423 e. The summed E-state index contributed by atoms with van der Waals surface area (Å²) in [4.78, 5) is 16.9. The van der Waals surface area contributed by atoms with Crippen LogP contribution >= 0.6 is 0 Å². The molecule has 1 aromatic heterocycles. The second kappa shape index (κ2) is 9.21. The van der Waals surface area contributed by atoms with E-state index in [9.17, 15) is 4.79 Å². The molecule has 0 bridgehead atoms. The van der Waals surface area contributed by atoms with Crippen molar-refractivity contribution in [3.63, 3.8) is 0 Å². The summed E-state index contributed by atoms with van der Waals surface area (Å²) in [6, 6.07) is 18.2. The van der Waals surface area contributed by atoms with Gasteiger partial charge in [0.1, 0.15) is 5.58 Å². The van der Waals surface area contributed by atoms with Gasteiger partial charge in [-0.1, -0.05) is 55.5 Å². The minimum Gasteiger partial charge on any atom is -0.423 e. The van der Waals surface area contributed by atoms with Gasteiger partial charge < -0.3 is 4.42 Å². The first-order chi connectivity index (χ1) is 14.2. The van der Waals surface area contributed by atoms with Gasteiger partial charge in [-0.2, -0.15) is 0 Å². The Kier molecular flexibility index (Phi) is 6.23. The molecule has 3 aromatic rings. The Bertz CT molecular complexity index is 1030. The number of fused-ring (bicyclic) bond motifs is 1. The smallest absolute Gasteiger partial charge is 0.336 e. The third-order valence-electron chi connectivity index (χ3n) is 5.63. The summed E-state index contributed by atoms with van der Waals surface area (Å²) < 4.78 is 5.40. The molecule has 0 saturated carbocycles. The highest BCUT2D eigenvalue weighted by atomic mass is 16.4. The van der Waals surface area contributed by atoms with Crippen molar-refractivity contribution in [3.8, 4) is 0 Å². The van der Waals surface area contributed by atoms with Gasteiger partial charge in [0.25, 0.3) is 0 Å². The average Bonchev–Trinajstić information content (AvgIpc) is 2.75. The lowest BCUT2D eigenvalue weighted by atomic mass is 10.0. The third-order valence-corrected chi connectivity index (χ3v) is 5.63. The maximum Gasteiger partial charge on any atom is 0.336 e.